The Balaban J connectivity index is 2.53. The van der Waals surface area contributed by atoms with Gasteiger partial charge < -0.3 is 10.1 Å². The molecule has 1 heterocycles. The number of nitrogens with zero attached hydrogens (tertiary/aromatic N) is 1. The van der Waals surface area contributed by atoms with E-state index in [9.17, 15) is 0 Å². The first kappa shape index (κ1) is 14.5. The van der Waals surface area contributed by atoms with Gasteiger partial charge in [0.2, 0.25) is 0 Å². The van der Waals surface area contributed by atoms with E-state index >= 15 is 0 Å². The van der Waals surface area contributed by atoms with E-state index in [-0.39, 0.29) is 6.04 Å². The van der Waals surface area contributed by atoms with Crippen molar-refractivity contribution in [3.8, 4) is 5.75 Å². The first-order valence-electron chi connectivity index (χ1n) is 6.81. The van der Waals surface area contributed by atoms with Crippen LogP contribution in [0.15, 0.2) is 30.6 Å². The number of methoxy groups -OCH3 is 1. The van der Waals surface area contributed by atoms with Gasteiger partial charge in [-0.2, -0.15) is 0 Å². The molecule has 0 aliphatic carbocycles. The molecule has 1 unspecified atom stereocenters. The third kappa shape index (κ3) is 2.68. The van der Waals surface area contributed by atoms with Gasteiger partial charge in [0.05, 0.1) is 13.2 Å². The molecule has 1 N–H and O–H groups in total. The number of aryl methyl sites for hydroxylation is 3. The SMILES string of the molecule is CNC(c1cnccc1C)c1cc(C)c(OC)cc1C. The molecule has 0 amide bonds. The van der Waals surface area contributed by atoms with Gasteiger partial charge in [0.25, 0.3) is 0 Å². The van der Waals surface area contributed by atoms with Crippen LogP contribution in [-0.4, -0.2) is 19.1 Å². The van der Waals surface area contributed by atoms with E-state index < -0.39 is 0 Å². The summed E-state index contributed by atoms with van der Waals surface area (Å²) in [5.41, 5.74) is 6.08. The molecule has 3 heteroatoms. The molecule has 0 fully saturated rings. The molecule has 106 valence electrons. The summed E-state index contributed by atoms with van der Waals surface area (Å²) in [6.07, 6.45) is 3.77. The highest BCUT2D eigenvalue weighted by Crippen LogP contribution is 2.30. The molecular weight excluding hydrogens is 248 g/mol. The summed E-state index contributed by atoms with van der Waals surface area (Å²) in [5, 5.41) is 3.40. The minimum absolute atomic E-state index is 0.147. The first-order chi connectivity index (χ1) is 9.58. The standard InChI is InChI=1S/C17H22N2O/c1-11-6-7-19-10-15(11)17(18-4)14-8-13(3)16(20-5)9-12(14)2/h6-10,17-18H,1-5H3. The zero-order valence-corrected chi connectivity index (χ0v) is 12.8. The van der Waals surface area contributed by atoms with Crippen LogP contribution in [0, 0.1) is 20.8 Å². The van der Waals surface area contributed by atoms with Crippen molar-refractivity contribution in [1.29, 1.82) is 0 Å². The average molecular weight is 270 g/mol. The van der Waals surface area contributed by atoms with Crippen molar-refractivity contribution >= 4 is 0 Å². The molecule has 1 aromatic carbocycles. The lowest BCUT2D eigenvalue weighted by atomic mass is 9.92. The predicted octanol–water partition coefficient (Wildman–Crippen LogP) is 3.32. The highest BCUT2D eigenvalue weighted by atomic mass is 16.5. The normalized spacial score (nSPS) is 12.2. The Morgan fingerprint density at radius 3 is 2.40 bits per heavy atom. The van der Waals surface area contributed by atoms with Gasteiger partial charge in [0, 0.05) is 12.4 Å². The number of ether oxygens (including phenoxy) is 1. The van der Waals surface area contributed by atoms with Crippen LogP contribution in [0.2, 0.25) is 0 Å². The van der Waals surface area contributed by atoms with Gasteiger partial charge in [-0.1, -0.05) is 6.07 Å². The lowest BCUT2D eigenvalue weighted by Crippen LogP contribution is -2.20. The fourth-order valence-corrected chi connectivity index (χ4v) is 2.60. The van der Waals surface area contributed by atoms with Crippen LogP contribution >= 0.6 is 0 Å². The van der Waals surface area contributed by atoms with Gasteiger partial charge in [-0.25, -0.2) is 0 Å². The van der Waals surface area contributed by atoms with Gasteiger partial charge in [0.1, 0.15) is 5.75 Å². The molecule has 0 saturated carbocycles. The lowest BCUT2D eigenvalue weighted by molar-refractivity contribution is 0.411. The molecule has 2 rings (SSSR count). The van der Waals surface area contributed by atoms with Crippen LogP contribution < -0.4 is 10.1 Å². The van der Waals surface area contributed by atoms with E-state index in [4.69, 9.17) is 4.74 Å². The van der Waals surface area contributed by atoms with E-state index in [0.717, 1.165) is 11.3 Å². The van der Waals surface area contributed by atoms with Crippen LogP contribution in [0.5, 0.6) is 5.75 Å². The highest BCUT2D eigenvalue weighted by molar-refractivity contribution is 5.46. The summed E-state index contributed by atoms with van der Waals surface area (Å²) in [5.74, 6) is 0.934. The number of nitrogens with one attached hydrogen (secondary N) is 1. The largest absolute Gasteiger partial charge is 0.496 e. The third-order valence-corrected chi connectivity index (χ3v) is 3.77. The number of pyridine rings is 1. The Labute approximate surface area is 121 Å². The maximum Gasteiger partial charge on any atom is 0.122 e. The summed E-state index contributed by atoms with van der Waals surface area (Å²) in [6, 6.07) is 6.49. The number of aromatic nitrogens is 1. The molecule has 2 aromatic rings. The van der Waals surface area contributed by atoms with Gasteiger partial charge in [-0.05, 0) is 67.8 Å². The Morgan fingerprint density at radius 2 is 1.80 bits per heavy atom. The van der Waals surface area contributed by atoms with Crippen molar-refractivity contribution < 1.29 is 4.74 Å². The maximum absolute atomic E-state index is 5.39. The second-order valence-corrected chi connectivity index (χ2v) is 5.13. The molecule has 0 aliphatic heterocycles. The van der Waals surface area contributed by atoms with Crippen molar-refractivity contribution in [3.63, 3.8) is 0 Å². The van der Waals surface area contributed by atoms with Crippen LogP contribution in [-0.2, 0) is 0 Å². The average Bonchev–Trinajstić information content (AvgIpc) is 2.45. The van der Waals surface area contributed by atoms with Crippen LogP contribution in [0.25, 0.3) is 0 Å². The van der Waals surface area contributed by atoms with Crippen molar-refractivity contribution in [1.82, 2.24) is 10.3 Å². The Hall–Kier alpha value is -1.87. The zero-order chi connectivity index (χ0) is 14.7. The summed E-state index contributed by atoms with van der Waals surface area (Å²) >= 11 is 0. The number of rotatable bonds is 4. The van der Waals surface area contributed by atoms with Gasteiger partial charge >= 0.3 is 0 Å². The fourth-order valence-electron chi connectivity index (χ4n) is 2.60. The molecule has 1 aromatic heterocycles. The van der Waals surface area contributed by atoms with Gasteiger partial charge in [0.15, 0.2) is 0 Å². The molecule has 20 heavy (non-hydrogen) atoms. The second kappa shape index (κ2) is 6.06. The molecule has 0 aliphatic rings. The van der Waals surface area contributed by atoms with Gasteiger partial charge in [-0.3, -0.25) is 4.98 Å². The number of hydrogen-bond acceptors (Lipinski definition) is 3. The third-order valence-electron chi connectivity index (χ3n) is 3.77. The van der Waals surface area contributed by atoms with E-state index in [1.807, 2.05) is 25.5 Å². The fraction of sp³-hybridized carbons (Fsp3) is 0.353. The molecule has 0 bridgehead atoms. The topological polar surface area (TPSA) is 34.2 Å². The van der Waals surface area contributed by atoms with Crippen LogP contribution in [0.1, 0.15) is 33.9 Å². The minimum Gasteiger partial charge on any atom is -0.496 e. The monoisotopic (exact) mass is 270 g/mol. The highest BCUT2D eigenvalue weighted by Gasteiger charge is 2.17. The van der Waals surface area contributed by atoms with Crippen molar-refractivity contribution in [2.75, 3.05) is 14.2 Å². The Kier molecular flexibility index (Phi) is 4.40. The summed E-state index contributed by atoms with van der Waals surface area (Å²) < 4.78 is 5.39. The lowest BCUT2D eigenvalue weighted by Gasteiger charge is -2.22. The van der Waals surface area contributed by atoms with Gasteiger partial charge in [-0.15, -0.1) is 0 Å². The van der Waals surface area contributed by atoms with E-state index in [1.54, 1.807) is 7.11 Å². The summed E-state index contributed by atoms with van der Waals surface area (Å²) in [4.78, 5) is 4.26. The molecule has 0 saturated heterocycles. The predicted molar refractivity (Wildman–Crippen MR) is 82.3 cm³/mol. The molecular formula is C17H22N2O. The summed E-state index contributed by atoms with van der Waals surface area (Å²) in [7, 11) is 3.69. The van der Waals surface area contributed by atoms with Crippen LogP contribution in [0.4, 0.5) is 0 Å². The smallest absolute Gasteiger partial charge is 0.122 e. The molecule has 1 atom stereocenters. The number of benzene rings is 1. The van der Waals surface area contributed by atoms with E-state index in [0.29, 0.717) is 0 Å². The first-order valence-corrected chi connectivity index (χ1v) is 6.81. The summed E-state index contributed by atoms with van der Waals surface area (Å²) in [6.45, 7) is 6.31. The minimum atomic E-state index is 0.147. The Bertz CT molecular complexity index is 608. The van der Waals surface area contributed by atoms with Crippen molar-refractivity contribution in [2.24, 2.45) is 0 Å². The quantitative estimate of drug-likeness (QED) is 0.925. The maximum atomic E-state index is 5.39. The molecule has 0 spiro atoms. The molecule has 3 nitrogen and oxygen atoms in total. The zero-order valence-electron chi connectivity index (χ0n) is 12.8. The second-order valence-electron chi connectivity index (χ2n) is 5.13. The van der Waals surface area contributed by atoms with Crippen LogP contribution in [0.3, 0.4) is 0 Å². The van der Waals surface area contributed by atoms with Crippen molar-refractivity contribution in [2.45, 2.75) is 26.8 Å². The van der Waals surface area contributed by atoms with E-state index in [2.05, 4.69) is 43.2 Å². The van der Waals surface area contributed by atoms with E-state index in [1.165, 1.54) is 22.3 Å². The molecule has 0 radical (unpaired) electrons. The Morgan fingerprint density at radius 1 is 1.05 bits per heavy atom. The number of hydrogen-bond donors (Lipinski definition) is 1. The van der Waals surface area contributed by atoms with Crippen molar-refractivity contribution in [3.05, 3.63) is 58.4 Å².